The maximum absolute atomic E-state index is 5.82. The highest BCUT2D eigenvalue weighted by Crippen LogP contribution is 2.28. The average Bonchev–Trinajstić information content (AvgIpc) is 2.18. The van der Waals surface area contributed by atoms with Crippen LogP contribution in [0.5, 0.6) is 0 Å². The summed E-state index contributed by atoms with van der Waals surface area (Å²) < 4.78 is 0. The van der Waals surface area contributed by atoms with Gasteiger partial charge in [-0.25, -0.2) is 0 Å². The molecule has 0 heteroatoms. The van der Waals surface area contributed by atoms with E-state index in [1.54, 1.807) is 0 Å². The van der Waals surface area contributed by atoms with Crippen molar-refractivity contribution in [3.8, 4) is 0 Å². The summed E-state index contributed by atoms with van der Waals surface area (Å²) in [6, 6.07) is 4.33. The Kier molecular flexibility index (Phi) is 2.45. The lowest BCUT2D eigenvalue weighted by Gasteiger charge is -2.20. The minimum Gasteiger partial charge on any atom is -0.0584 e. The minimum atomic E-state index is 0.878. The van der Waals surface area contributed by atoms with E-state index in [1.807, 2.05) is 6.92 Å². The highest BCUT2D eigenvalue weighted by Gasteiger charge is 2.13. The molecular weight excluding hydrogens is 168 g/mol. The molecule has 0 aliphatic heterocycles. The molecule has 72 valence electrons. The number of benzene rings is 1. The van der Waals surface area contributed by atoms with Gasteiger partial charge in [0.1, 0.15) is 0 Å². The molecule has 0 saturated carbocycles. The van der Waals surface area contributed by atoms with Crippen molar-refractivity contribution in [2.24, 2.45) is 0 Å². The number of hydrogen-bond donors (Lipinski definition) is 0. The van der Waals surface area contributed by atoms with E-state index in [1.165, 1.54) is 36.8 Å². The topological polar surface area (TPSA) is 0 Å². The van der Waals surface area contributed by atoms with Crippen LogP contribution in [0.1, 0.15) is 42.0 Å². The largest absolute Gasteiger partial charge is 0.0584 e. The Morgan fingerprint density at radius 3 is 2.71 bits per heavy atom. The van der Waals surface area contributed by atoms with E-state index >= 15 is 0 Å². The van der Waals surface area contributed by atoms with Crippen LogP contribution in [0.3, 0.4) is 0 Å². The summed E-state index contributed by atoms with van der Waals surface area (Å²) in [5.74, 6) is 0. The fourth-order valence-corrected chi connectivity index (χ4v) is 2.27. The van der Waals surface area contributed by atoms with Gasteiger partial charge in [0.2, 0.25) is 0 Å². The van der Waals surface area contributed by atoms with Gasteiger partial charge in [-0.05, 0) is 67.4 Å². The third kappa shape index (κ3) is 1.50. The molecule has 0 N–H and O–H groups in total. The number of fused-ring (bicyclic) bond motifs is 1. The monoisotopic (exact) mass is 184 g/mol. The Bertz CT molecular complexity index is 372. The standard InChI is InChI=1S/C14H16/c1-10(2)13-9-8-12-6-4-5-7-14(12)11(13)3/h1,8-9H,3-7H2,2H3. The SMILES string of the molecule is [CH]=C(C)c1ccc2c(c1[CH2])CCCC2. The Morgan fingerprint density at radius 2 is 2.00 bits per heavy atom. The van der Waals surface area contributed by atoms with E-state index in [0.29, 0.717) is 0 Å². The summed E-state index contributed by atoms with van der Waals surface area (Å²) in [6.07, 6.45) is 5.00. The molecule has 1 aromatic carbocycles. The van der Waals surface area contributed by atoms with Gasteiger partial charge in [-0.3, -0.25) is 0 Å². The van der Waals surface area contributed by atoms with Crippen molar-refractivity contribution in [1.29, 1.82) is 0 Å². The minimum absolute atomic E-state index is 0.878. The second kappa shape index (κ2) is 3.61. The zero-order chi connectivity index (χ0) is 10.1. The molecule has 0 nitrogen and oxygen atoms in total. The first-order valence-electron chi connectivity index (χ1n) is 5.26. The Balaban J connectivity index is 2.54. The molecule has 0 aromatic heterocycles. The van der Waals surface area contributed by atoms with Crippen molar-refractivity contribution in [3.63, 3.8) is 0 Å². The molecule has 0 heterocycles. The van der Waals surface area contributed by atoms with Gasteiger partial charge < -0.3 is 0 Å². The molecule has 2 radical (unpaired) electrons. The van der Waals surface area contributed by atoms with Gasteiger partial charge in [0.25, 0.3) is 0 Å². The first kappa shape index (κ1) is 9.51. The molecule has 0 amide bonds. The maximum Gasteiger partial charge on any atom is -0.0192 e. The van der Waals surface area contributed by atoms with Crippen LogP contribution < -0.4 is 0 Å². The summed E-state index contributed by atoms with van der Waals surface area (Å²) in [7, 11) is 0. The normalized spacial score (nSPS) is 15.0. The van der Waals surface area contributed by atoms with E-state index in [4.69, 9.17) is 6.58 Å². The first-order valence-corrected chi connectivity index (χ1v) is 5.26. The lowest BCUT2D eigenvalue weighted by atomic mass is 9.85. The van der Waals surface area contributed by atoms with Crippen molar-refractivity contribution >= 4 is 5.57 Å². The Labute approximate surface area is 86.7 Å². The Morgan fingerprint density at radius 1 is 1.29 bits per heavy atom. The molecule has 0 saturated heterocycles. The third-order valence-corrected chi connectivity index (χ3v) is 3.08. The van der Waals surface area contributed by atoms with Gasteiger partial charge in [0, 0.05) is 0 Å². The summed E-state index contributed by atoms with van der Waals surface area (Å²) >= 11 is 0. The molecule has 0 unspecified atom stereocenters. The van der Waals surface area contributed by atoms with Crippen molar-refractivity contribution < 1.29 is 0 Å². The number of aryl methyl sites for hydroxylation is 1. The third-order valence-electron chi connectivity index (χ3n) is 3.08. The van der Waals surface area contributed by atoms with E-state index < -0.39 is 0 Å². The number of rotatable bonds is 1. The van der Waals surface area contributed by atoms with Crippen LogP contribution in [-0.2, 0) is 12.8 Å². The van der Waals surface area contributed by atoms with Crippen LogP contribution in [0.25, 0.3) is 5.57 Å². The van der Waals surface area contributed by atoms with Crippen LogP contribution in [0, 0.1) is 13.5 Å². The molecule has 0 spiro atoms. The lowest BCUT2D eigenvalue weighted by Crippen LogP contribution is -2.06. The summed E-state index contributed by atoms with van der Waals surface area (Å²) in [6.45, 7) is 11.9. The quantitative estimate of drug-likeness (QED) is 0.625. The van der Waals surface area contributed by atoms with Crippen LogP contribution in [0.15, 0.2) is 12.1 Å². The molecular formula is C14H16. The van der Waals surface area contributed by atoms with Crippen molar-refractivity contribution in [1.82, 2.24) is 0 Å². The zero-order valence-electron chi connectivity index (χ0n) is 8.77. The van der Waals surface area contributed by atoms with Gasteiger partial charge in [-0.1, -0.05) is 18.7 Å². The average molecular weight is 184 g/mol. The maximum atomic E-state index is 5.82. The molecule has 0 fully saturated rings. The summed E-state index contributed by atoms with van der Waals surface area (Å²) in [5.41, 5.74) is 6.08. The number of allylic oxidation sites excluding steroid dienone is 1. The van der Waals surface area contributed by atoms with Crippen molar-refractivity contribution in [2.75, 3.05) is 0 Å². The highest BCUT2D eigenvalue weighted by atomic mass is 14.2. The van der Waals surface area contributed by atoms with E-state index in [-0.39, 0.29) is 0 Å². The van der Waals surface area contributed by atoms with E-state index in [0.717, 1.165) is 16.7 Å². The zero-order valence-corrected chi connectivity index (χ0v) is 8.77. The van der Waals surface area contributed by atoms with E-state index in [2.05, 4.69) is 19.1 Å². The highest BCUT2D eigenvalue weighted by molar-refractivity contribution is 5.66. The molecule has 0 bridgehead atoms. The smallest absolute Gasteiger partial charge is 0.0192 e. The molecule has 1 aromatic rings. The number of hydrogen-bond acceptors (Lipinski definition) is 0. The van der Waals surface area contributed by atoms with Crippen LogP contribution in [0.2, 0.25) is 0 Å². The van der Waals surface area contributed by atoms with Gasteiger partial charge in [0.05, 0.1) is 0 Å². The second-order valence-electron chi connectivity index (χ2n) is 4.12. The first-order chi connectivity index (χ1) is 6.70. The van der Waals surface area contributed by atoms with Crippen LogP contribution in [-0.4, -0.2) is 0 Å². The molecule has 14 heavy (non-hydrogen) atoms. The molecule has 1 aliphatic carbocycles. The predicted octanol–water partition coefficient (Wildman–Crippen LogP) is 3.58. The van der Waals surface area contributed by atoms with Crippen LogP contribution in [0.4, 0.5) is 0 Å². The van der Waals surface area contributed by atoms with Crippen molar-refractivity contribution in [3.05, 3.63) is 47.9 Å². The van der Waals surface area contributed by atoms with E-state index in [9.17, 15) is 0 Å². The molecule has 2 rings (SSSR count). The molecule has 1 aliphatic rings. The van der Waals surface area contributed by atoms with Gasteiger partial charge in [0.15, 0.2) is 0 Å². The predicted molar refractivity (Wildman–Crippen MR) is 60.9 cm³/mol. The summed E-state index contributed by atoms with van der Waals surface area (Å²) in [4.78, 5) is 0. The molecule has 0 atom stereocenters. The summed E-state index contributed by atoms with van der Waals surface area (Å²) in [5, 5.41) is 0. The Hall–Kier alpha value is -1.04. The van der Waals surface area contributed by atoms with Gasteiger partial charge in [-0.15, -0.1) is 0 Å². The second-order valence-corrected chi connectivity index (χ2v) is 4.12. The van der Waals surface area contributed by atoms with Crippen LogP contribution >= 0.6 is 0 Å². The van der Waals surface area contributed by atoms with Crippen molar-refractivity contribution in [2.45, 2.75) is 32.6 Å². The fraction of sp³-hybridized carbons (Fsp3) is 0.357. The van der Waals surface area contributed by atoms with Gasteiger partial charge >= 0.3 is 0 Å². The lowest BCUT2D eigenvalue weighted by molar-refractivity contribution is 0.683. The fourth-order valence-electron chi connectivity index (χ4n) is 2.27. The van der Waals surface area contributed by atoms with Gasteiger partial charge in [-0.2, -0.15) is 0 Å².